The van der Waals surface area contributed by atoms with Crippen LogP contribution in [-0.4, -0.2) is 31.1 Å². The molecule has 0 saturated carbocycles. The Labute approximate surface area is 120 Å². The first-order chi connectivity index (χ1) is 9.30. The van der Waals surface area contributed by atoms with Crippen molar-refractivity contribution in [3.05, 3.63) is 28.2 Å². The average molecular weight is 280 g/mol. The molecule has 0 amide bonds. The van der Waals surface area contributed by atoms with Crippen LogP contribution in [0.3, 0.4) is 0 Å². The highest BCUT2D eigenvalue weighted by Gasteiger charge is 2.01. The lowest BCUT2D eigenvalue weighted by molar-refractivity contribution is 0.789. The minimum Gasteiger partial charge on any atom is -0.356 e. The molecule has 0 aliphatic carbocycles. The number of thiazole rings is 1. The molecule has 1 heterocycles. The Morgan fingerprint density at radius 2 is 2.21 bits per heavy atom. The summed E-state index contributed by atoms with van der Waals surface area (Å²) in [6.07, 6.45) is 9.21. The van der Waals surface area contributed by atoms with Crippen molar-refractivity contribution in [1.29, 1.82) is 0 Å². The fourth-order valence-electron chi connectivity index (χ4n) is 1.58. The van der Waals surface area contributed by atoms with Crippen LogP contribution >= 0.6 is 11.3 Å². The lowest BCUT2D eigenvalue weighted by atomic mass is 10.4. The first-order valence-corrected chi connectivity index (χ1v) is 7.61. The predicted molar refractivity (Wildman–Crippen MR) is 84.0 cm³/mol. The number of guanidine groups is 1. The second kappa shape index (κ2) is 9.55. The first-order valence-electron chi connectivity index (χ1n) is 6.79. The summed E-state index contributed by atoms with van der Waals surface area (Å²) in [7, 11) is 1.80. The van der Waals surface area contributed by atoms with Crippen LogP contribution in [-0.2, 0) is 12.8 Å². The molecule has 19 heavy (non-hydrogen) atoms. The first kappa shape index (κ1) is 15.7. The predicted octanol–water partition coefficient (Wildman–Crippen LogP) is 2.38. The monoisotopic (exact) mass is 280 g/mol. The van der Waals surface area contributed by atoms with Gasteiger partial charge in [-0.3, -0.25) is 4.99 Å². The molecule has 1 aromatic rings. The number of rotatable bonds is 7. The summed E-state index contributed by atoms with van der Waals surface area (Å²) in [6, 6.07) is 0. The molecule has 4 nitrogen and oxygen atoms in total. The maximum atomic E-state index is 4.41. The lowest BCUT2D eigenvalue weighted by Crippen LogP contribution is -2.38. The molecule has 0 unspecified atom stereocenters. The van der Waals surface area contributed by atoms with Crippen LogP contribution in [0.2, 0.25) is 0 Å². The summed E-state index contributed by atoms with van der Waals surface area (Å²) in [4.78, 5) is 9.95. The topological polar surface area (TPSA) is 49.3 Å². The Hall–Kier alpha value is -1.36. The summed E-state index contributed by atoms with van der Waals surface area (Å²) in [5.41, 5.74) is 0. The molecule has 0 spiro atoms. The lowest BCUT2D eigenvalue weighted by Gasteiger charge is -2.10. The molecule has 0 fully saturated rings. The van der Waals surface area contributed by atoms with Gasteiger partial charge in [0.1, 0.15) is 0 Å². The number of hydrogen-bond acceptors (Lipinski definition) is 3. The van der Waals surface area contributed by atoms with Crippen molar-refractivity contribution >= 4 is 17.3 Å². The molecule has 1 aromatic heterocycles. The fourth-order valence-corrected chi connectivity index (χ4v) is 2.44. The van der Waals surface area contributed by atoms with Crippen molar-refractivity contribution in [1.82, 2.24) is 15.6 Å². The minimum atomic E-state index is 0.858. The highest BCUT2D eigenvalue weighted by Crippen LogP contribution is 2.13. The van der Waals surface area contributed by atoms with Gasteiger partial charge in [-0.25, -0.2) is 4.98 Å². The van der Waals surface area contributed by atoms with Crippen molar-refractivity contribution in [2.45, 2.75) is 33.1 Å². The van der Waals surface area contributed by atoms with E-state index in [4.69, 9.17) is 0 Å². The third-order valence-electron chi connectivity index (χ3n) is 2.64. The van der Waals surface area contributed by atoms with Gasteiger partial charge in [-0.1, -0.05) is 19.1 Å². The van der Waals surface area contributed by atoms with E-state index in [9.17, 15) is 0 Å². The second-order valence-corrected chi connectivity index (χ2v) is 5.31. The summed E-state index contributed by atoms with van der Waals surface area (Å²) in [6.45, 7) is 5.96. The summed E-state index contributed by atoms with van der Waals surface area (Å²) >= 11 is 1.80. The Balaban J connectivity index is 2.22. The van der Waals surface area contributed by atoms with Gasteiger partial charge >= 0.3 is 0 Å². The van der Waals surface area contributed by atoms with Gasteiger partial charge in [0, 0.05) is 37.6 Å². The van der Waals surface area contributed by atoms with Crippen LogP contribution in [0.1, 0.15) is 30.2 Å². The zero-order valence-electron chi connectivity index (χ0n) is 12.1. The van der Waals surface area contributed by atoms with E-state index in [1.807, 2.05) is 13.1 Å². The van der Waals surface area contributed by atoms with E-state index in [2.05, 4.69) is 39.7 Å². The third-order valence-corrected chi connectivity index (χ3v) is 3.85. The molecule has 0 aliphatic rings. The number of allylic oxidation sites excluding steroid dienone is 1. The van der Waals surface area contributed by atoms with Crippen LogP contribution in [0.25, 0.3) is 0 Å². The Bertz CT molecular complexity index is 409. The third kappa shape index (κ3) is 6.38. The number of aryl methyl sites for hydroxylation is 1. The Morgan fingerprint density at radius 3 is 2.84 bits per heavy atom. The quantitative estimate of drug-likeness (QED) is 0.349. The molecule has 0 radical (unpaired) electrons. The SMILES string of the molecule is CC=CCCNC(=NC)NCCc1ncc(CC)s1. The van der Waals surface area contributed by atoms with E-state index >= 15 is 0 Å². The van der Waals surface area contributed by atoms with Gasteiger partial charge in [-0.15, -0.1) is 11.3 Å². The zero-order chi connectivity index (χ0) is 13.9. The second-order valence-electron chi connectivity index (χ2n) is 4.11. The zero-order valence-corrected chi connectivity index (χ0v) is 12.9. The smallest absolute Gasteiger partial charge is 0.191 e. The van der Waals surface area contributed by atoms with Crippen molar-refractivity contribution in [3.63, 3.8) is 0 Å². The van der Waals surface area contributed by atoms with Crippen molar-refractivity contribution in [3.8, 4) is 0 Å². The molecule has 0 bridgehead atoms. The average Bonchev–Trinajstić information content (AvgIpc) is 2.89. The van der Waals surface area contributed by atoms with E-state index in [0.29, 0.717) is 0 Å². The van der Waals surface area contributed by atoms with Crippen LogP contribution < -0.4 is 10.6 Å². The van der Waals surface area contributed by atoms with E-state index < -0.39 is 0 Å². The van der Waals surface area contributed by atoms with Gasteiger partial charge in [0.2, 0.25) is 0 Å². The highest BCUT2D eigenvalue weighted by molar-refractivity contribution is 7.11. The van der Waals surface area contributed by atoms with Gasteiger partial charge in [-0.2, -0.15) is 0 Å². The maximum Gasteiger partial charge on any atom is 0.191 e. The standard InChI is InChI=1S/C14H24N4S/c1-4-6-7-9-16-14(15-3)17-10-8-13-18-11-12(5-2)19-13/h4,6,11H,5,7-10H2,1-3H3,(H2,15,16,17). The maximum absolute atomic E-state index is 4.41. The normalized spacial score (nSPS) is 12.1. The summed E-state index contributed by atoms with van der Waals surface area (Å²) in [5, 5.41) is 7.77. The van der Waals surface area contributed by atoms with Gasteiger partial charge in [0.05, 0.1) is 5.01 Å². The van der Waals surface area contributed by atoms with Crippen LogP contribution in [0.4, 0.5) is 0 Å². The highest BCUT2D eigenvalue weighted by atomic mass is 32.1. The molecular formula is C14H24N4S. The molecule has 0 saturated heterocycles. The Kier molecular flexibility index (Phi) is 7.89. The van der Waals surface area contributed by atoms with Gasteiger partial charge in [0.15, 0.2) is 5.96 Å². The minimum absolute atomic E-state index is 0.858. The molecule has 1 rings (SSSR count). The number of aliphatic imine (C=N–C) groups is 1. The molecular weight excluding hydrogens is 256 g/mol. The van der Waals surface area contributed by atoms with Crippen molar-refractivity contribution < 1.29 is 0 Å². The summed E-state index contributed by atoms with van der Waals surface area (Å²) < 4.78 is 0. The molecule has 2 N–H and O–H groups in total. The van der Waals surface area contributed by atoms with Crippen LogP contribution in [0.15, 0.2) is 23.3 Å². The largest absolute Gasteiger partial charge is 0.356 e. The molecule has 0 aromatic carbocycles. The van der Waals surface area contributed by atoms with Crippen molar-refractivity contribution in [2.75, 3.05) is 20.1 Å². The van der Waals surface area contributed by atoms with Crippen LogP contribution in [0, 0.1) is 0 Å². The van der Waals surface area contributed by atoms with Gasteiger partial charge in [0.25, 0.3) is 0 Å². The van der Waals surface area contributed by atoms with Gasteiger partial charge < -0.3 is 10.6 Å². The number of nitrogens with one attached hydrogen (secondary N) is 2. The van der Waals surface area contributed by atoms with E-state index in [0.717, 1.165) is 38.3 Å². The van der Waals surface area contributed by atoms with Gasteiger partial charge in [-0.05, 0) is 19.8 Å². The Morgan fingerprint density at radius 1 is 1.42 bits per heavy atom. The summed E-state index contributed by atoms with van der Waals surface area (Å²) in [5.74, 6) is 0.858. The number of nitrogens with zero attached hydrogens (tertiary/aromatic N) is 2. The molecule has 0 atom stereocenters. The molecule has 106 valence electrons. The fraction of sp³-hybridized carbons (Fsp3) is 0.571. The van der Waals surface area contributed by atoms with Crippen molar-refractivity contribution in [2.24, 2.45) is 4.99 Å². The number of hydrogen-bond donors (Lipinski definition) is 2. The number of aromatic nitrogens is 1. The van der Waals surface area contributed by atoms with E-state index in [-0.39, 0.29) is 0 Å². The molecule has 5 heteroatoms. The molecule has 0 aliphatic heterocycles. The van der Waals surface area contributed by atoms with E-state index in [1.54, 1.807) is 18.4 Å². The van der Waals surface area contributed by atoms with Crippen LogP contribution in [0.5, 0.6) is 0 Å². The van der Waals surface area contributed by atoms with E-state index in [1.165, 1.54) is 9.88 Å².